The van der Waals surface area contributed by atoms with E-state index in [9.17, 15) is 0 Å². The molecule has 0 unspecified atom stereocenters. The quantitative estimate of drug-likeness (QED) is 0.136. The van der Waals surface area contributed by atoms with Crippen LogP contribution in [0.1, 0.15) is 0 Å². The highest BCUT2D eigenvalue weighted by atomic mass is 16.5. The number of hydrogen-bond acceptors (Lipinski definition) is 8. The molecule has 1 N–H and O–H groups in total. The molecule has 11 aromatic carbocycles. The first kappa shape index (κ1) is 49.3. The van der Waals surface area contributed by atoms with Gasteiger partial charge in [0.2, 0.25) is 0 Å². The number of nitrogens with zero attached hydrogens (tertiary/aromatic N) is 6. The van der Waals surface area contributed by atoms with Crippen LogP contribution >= 0.6 is 0 Å². The Labute approximate surface area is 500 Å². The van der Waals surface area contributed by atoms with Crippen molar-refractivity contribution in [3.8, 4) is 34.0 Å². The molecule has 2 aromatic heterocycles. The van der Waals surface area contributed by atoms with Gasteiger partial charge < -0.3 is 29.7 Å². The maximum absolute atomic E-state index is 7.66. The number of fused-ring (bicyclic) bond motifs is 8. The molecule has 402 valence electrons. The second kappa shape index (κ2) is 20.2. The first-order valence-electron chi connectivity index (χ1n) is 29.3. The standard InChI is InChI=1S/C76H51B2N7O/c1-5-25-51(26-6-1)82(52-27-7-2-8-28-52)55-45-66-75-71(46-55)84(54-31-11-4-12-32-54)69-41-19-15-35-59(69)77(75)61-49-62-73(50-65(61)81-66)86-74-48-56(83(53-29-9-3-10-30-53)67-39-17-13-33-57(67)63-37-21-23-43-79-63)47-72-76(74)78(62)60-36-16-20-42-70(60)85(72)68-40-18-14-34-58(68)64-38-22-24-44-80-64/h1-50,81H. The van der Waals surface area contributed by atoms with Crippen LogP contribution in [0, 0.1) is 0 Å². The molecule has 0 aliphatic carbocycles. The van der Waals surface area contributed by atoms with Crippen LogP contribution in [0.4, 0.5) is 79.6 Å². The Hall–Kier alpha value is -11.4. The molecule has 13 aromatic rings. The number of hydrogen-bond donors (Lipinski definition) is 1. The maximum Gasteiger partial charge on any atom is 0.256 e. The lowest BCUT2D eigenvalue weighted by Gasteiger charge is -2.43. The van der Waals surface area contributed by atoms with Gasteiger partial charge in [-0.25, -0.2) is 0 Å². The van der Waals surface area contributed by atoms with E-state index in [1.165, 1.54) is 21.9 Å². The number of benzene rings is 11. The van der Waals surface area contributed by atoms with E-state index in [0.29, 0.717) is 0 Å². The van der Waals surface area contributed by atoms with Gasteiger partial charge in [0.1, 0.15) is 11.5 Å². The van der Waals surface area contributed by atoms with Gasteiger partial charge in [-0.3, -0.25) is 9.97 Å². The van der Waals surface area contributed by atoms with E-state index in [1.807, 2.05) is 24.5 Å². The van der Waals surface area contributed by atoms with Crippen molar-refractivity contribution in [2.45, 2.75) is 0 Å². The van der Waals surface area contributed by atoms with Crippen molar-refractivity contribution in [3.63, 3.8) is 0 Å². The van der Waals surface area contributed by atoms with Gasteiger partial charge in [0.05, 0.1) is 34.1 Å². The second-order valence-corrected chi connectivity index (χ2v) is 22.1. The number of ether oxygens (including phenoxy) is 1. The molecule has 4 aliphatic rings. The zero-order valence-electron chi connectivity index (χ0n) is 46.6. The Balaban J connectivity index is 0.910. The van der Waals surface area contributed by atoms with Crippen molar-refractivity contribution >= 4 is 126 Å². The summed E-state index contributed by atoms with van der Waals surface area (Å²) < 4.78 is 7.66. The van der Waals surface area contributed by atoms with Crippen LogP contribution in [-0.2, 0) is 0 Å². The van der Waals surface area contributed by atoms with E-state index in [0.717, 1.165) is 125 Å². The highest BCUT2D eigenvalue weighted by molar-refractivity contribution is 7.02. The Morgan fingerprint density at radius 2 is 0.826 bits per heavy atom. The third kappa shape index (κ3) is 7.95. The summed E-state index contributed by atoms with van der Waals surface area (Å²) in [5.41, 5.74) is 25.5. The lowest BCUT2D eigenvalue weighted by molar-refractivity contribution is 0.488. The molecule has 0 amide bonds. The summed E-state index contributed by atoms with van der Waals surface area (Å²) >= 11 is 0. The van der Waals surface area contributed by atoms with Crippen molar-refractivity contribution < 1.29 is 4.74 Å². The molecule has 10 heteroatoms. The van der Waals surface area contributed by atoms with Crippen LogP contribution in [0.5, 0.6) is 11.5 Å². The summed E-state index contributed by atoms with van der Waals surface area (Å²) in [6.07, 6.45) is 3.74. The summed E-state index contributed by atoms with van der Waals surface area (Å²) in [6, 6.07) is 104. The molecular weight excluding hydrogens is 1050 g/mol. The molecule has 17 rings (SSSR count). The van der Waals surface area contributed by atoms with Gasteiger partial charge in [-0.2, -0.15) is 0 Å². The molecule has 0 fully saturated rings. The molecule has 6 heterocycles. The van der Waals surface area contributed by atoms with E-state index in [-0.39, 0.29) is 13.4 Å². The minimum absolute atomic E-state index is 0.129. The molecular formula is C76H51B2N7O. The smallest absolute Gasteiger partial charge is 0.256 e. The Kier molecular flexibility index (Phi) is 11.6. The topological polar surface area (TPSA) is 60.0 Å². The van der Waals surface area contributed by atoms with Crippen LogP contribution in [-0.4, -0.2) is 23.4 Å². The van der Waals surface area contributed by atoms with E-state index in [4.69, 9.17) is 14.7 Å². The highest BCUT2D eigenvalue weighted by Gasteiger charge is 2.47. The van der Waals surface area contributed by atoms with Gasteiger partial charge >= 0.3 is 0 Å². The second-order valence-electron chi connectivity index (χ2n) is 22.1. The fourth-order valence-corrected chi connectivity index (χ4v) is 13.8. The van der Waals surface area contributed by atoms with E-state index in [2.05, 4.69) is 304 Å². The zero-order valence-corrected chi connectivity index (χ0v) is 46.6. The fraction of sp³-hybridized carbons (Fsp3) is 0. The number of anilines is 14. The third-order valence-electron chi connectivity index (χ3n) is 17.3. The number of pyridine rings is 2. The monoisotopic (exact) mass is 1100 g/mol. The zero-order chi connectivity index (χ0) is 56.7. The Morgan fingerprint density at radius 1 is 0.326 bits per heavy atom. The number of aromatic nitrogens is 2. The minimum atomic E-state index is -0.211. The minimum Gasteiger partial charge on any atom is -0.458 e. The van der Waals surface area contributed by atoms with E-state index in [1.54, 1.807) is 0 Å². The van der Waals surface area contributed by atoms with Crippen molar-refractivity contribution in [1.29, 1.82) is 0 Å². The summed E-state index contributed by atoms with van der Waals surface area (Å²) in [4.78, 5) is 19.5. The first-order valence-corrected chi connectivity index (χ1v) is 29.3. The summed E-state index contributed by atoms with van der Waals surface area (Å²) in [7, 11) is 0. The van der Waals surface area contributed by atoms with Crippen LogP contribution in [0.25, 0.3) is 22.5 Å². The average Bonchev–Trinajstić information content (AvgIpc) is 1.23. The van der Waals surface area contributed by atoms with Crippen molar-refractivity contribution in [2.24, 2.45) is 0 Å². The molecule has 0 saturated heterocycles. The third-order valence-corrected chi connectivity index (χ3v) is 17.3. The van der Waals surface area contributed by atoms with Gasteiger partial charge in [0.15, 0.2) is 0 Å². The van der Waals surface area contributed by atoms with E-state index < -0.39 is 0 Å². The summed E-state index contributed by atoms with van der Waals surface area (Å²) in [5.74, 6) is 1.59. The highest BCUT2D eigenvalue weighted by Crippen LogP contribution is 2.50. The molecule has 0 bridgehead atoms. The van der Waals surface area contributed by atoms with Crippen molar-refractivity contribution in [2.75, 3.05) is 24.9 Å². The molecule has 4 aliphatic heterocycles. The summed E-state index contributed by atoms with van der Waals surface area (Å²) in [5, 5.41) is 4.12. The van der Waals surface area contributed by atoms with E-state index >= 15 is 0 Å². The molecule has 8 nitrogen and oxygen atoms in total. The predicted molar refractivity (Wildman–Crippen MR) is 357 cm³/mol. The number of para-hydroxylation sites is 8. The first-order chi connectivity index (χ1) is 42.7. The van der Waals surface area contributed by atoms with Gasteiger partial charge in [-0.1, -0.05) is 164 Å². The molecule has 0 spiro atoms. The molecule has 0 atom stereocenters. The molecule has 0 radical (unpaired) electrons. The fourth-order valence-electron chi connectivity index (χ4n) is 13.8. The van der Waals surface area contributed by atoms with Crippen LogP contribution < -0.4 is 62.4 Å². The largest absolute Gasteiger partial charge is 0.458 e. The number of rotatable bonds is 10. The maximum atomic E-state index is 7.66. The van der Waals surface area contributed by atoms with Gasteiger partial charge in [-0.05, 0) is 148 Å². The average molecular weight is 1100 g/mol. The van der Waals surface area contributed by atoms with Crippen molar-refractivity contribution in [1.82, 2.24) is 9.97 Å². The Bertz CT molecular complexity index is 4710. The van der Waals surface area contributed by atoms with Crippen LogP contribution in [0.3, 0.4) is 0 Å². The van der Waals surface area contributed by atoms with Crippen LogP contribution in [0.15, 0.2) is 304 Å². The lowest BCUT2D eigenvalue weighted by atomic mass is 9.30. The normalized spacial score (nSPS) is 12.7. The van der Waals surface area contributed by atoms with Crippen LogP contribution in [0.2, 0.25) is 0 Å². The van der Waals surface area contributed by atoms with Gasteiger partial charge in [-0.15, -0.1) is 0 Å². The SMILES string of the molecule is c1ccc(N(c2ccccc2)c2cc3c4c(c2)N(c2ccccc2)c2ccccc2B4c2cc4c(cc2N3)Oc2cc(N(c3ccccc3)c3ccccc3-c3ccccn3)cc3c2B4c2ccccc2N3c2ccccc2-c2ccccn2)cc1. The summed E-state index contributed by atoms with van der Waals surface area (Å²) in [6.45, 7) is -0.340. The lowest BCUT2D eigenvalue weighted by Crippen LogP contribution is -2.63. The molecule has 0 saturated carbocycles. The van der Waals surface area contributed by atoms with Crippen molar-refractivity contribution in [3.05, 3.63) is 304 Å². The predicted octanol–water partition coefficient (Wildman–Crippen LogP) is 15.5. The van der Waals surface area contributed by atoms with Gasteiger partial charge in [0.25, 0.3) is 13.4 Å². The number of nitrogens with one attached hydrogen (secondary N) is 1. The Morgan fingerprint density at radius 3 is 1.47 bits per heavy atom. The molecule has 86 heavy (non-hydrogen) atoms. The van der Waals surface area contributed by atoms with Gasteiger partial charge in [0, 0.05) is 92.5 Å².